The lowest BCUT2D eigenvalue weighted by Crippen LogP contribution is -2.46. The first kappa shape index (κ1) is 12.4. The van der Waals surface area contributed by atoms with Gasteiger partial charge in [0.05, 0.1) is 0 Å². The first-order chi connectivity index (χ1) is 7.60. The van der Waals surface area contributed by atoms with E-state index in [-0.39, 0.29) is 0 Å². The van der Waals surface area contributed by atoms with Crippen LogP contribution in [0.2, 0.25) is 0 Å². The summed E-state index contributed by atoms with van der Waals surface area (Å²) in [5.74, 6) is 0. The molecule has 1 saturated heterocycles. The van der Waals surface area contributed by atoms with E-state index in [1.54, 1.807) is 0 Å². The lowest BCUT2D eigenvalue weighted by molar-refractivity contribution is 0.198. The summed E-state index contributed by atoms with van der Waals surface area (Å²) in [5, 5.41) is 3.79. The van der Waals surface area contributed by atoms with Crippen LogP contribution in [0.1, 0.15) is 52.9 Å². The summed E-state index contributed by atoms with van der Waals surface area (Å²) in [6.07, 6.45) is 7.07. The average Bonchev–Trinajstić information content (AvgIpc) is 2.99. The molecule has 2 nitrogen and oxygen atoms in total. The third-order valence-corrected chi connectivity index (χ3v) is 4.60. The zero-order valence-electron chi connectivity index (χ0n) is 11.3. The maximum atomic E-state index is 3.79. The number of rotatable bonds is 5. The highest BCUT2D eigenvalue weighted by Crippen LogP contribution is 2.48. The Labute approximate surface area is 101 Å². The van der Waals surface area contributed by atoms with Gasteiger partial charge in [-0.3, -0.25) is 0 Å². The van der Waals surface area contributed by atoms with E-state index in [9.17, 15) is 0 Å². The fraction of sp³-hybridized carbons (Fsp3) is 1.00. The van der Waals surface area contributed by atoms with Gasteiger partial charge in [-0.2, -0.15) is 0 Å². The standard InChI is InChI=1S/C14H28N2/c1-12(11-16-9-5-4-6-10-16)15-13(2)14(3)7-8-14/h12-13,15H,4-11H2,1-3H3. The minimum Gasteiger partial charge on any atom is -0.310 e. The van der Waals surface area contributed by atoms with Crippen molar-refractivity contribution in [3.63, 3.8) is 0 Å². The van der Waals surface area contributed by atoms with Gasteiger partial charge in [-0.1, -0.05) is 13.3 Å². The van der Waals surface area contributed by atoms with Crippen LogP contribution in [-0.4, -0.2) is 36.6 Å². The number of piperidine rings is 1. The molecule has 1 heterocycles. The molecule has 1 aliphatic carbocycles. The van der Waals surface area contributed by atoms with Crippen LogP contribution in [0, 0.1) is 5.41 Å². The van der Waals surface area contributed by atoms with Crippen LogP contribution in [0.15, 0.2) is 0 Å². The maximum Gasteiger partial charge on any atom is 0.0169 e. The quantitative estimate of drug-likeness (QED) is 0.772. The molecule has 0 radical (unpaired) electrons. The second-order valence-corrected chi connectivity index (χ2v) is 6.30. The van der Waals surface area contributed by atoms with E-state index in [1.807, 2.05) is 0 Å². The fourth-order valence-electron chi connectivity index (χ4n) is 2.84. The highest BCUT2D eigenvalue weighted by atomic mass is 15.2. The molecule has 2 heteroatoms. The van der Waals surface area contributed by atoms with E-state index < -0.39 is 0 Å². The molecule has 1 N–H and O–H groups in total. The summed E-state index contributed by atoms with van der Waals surface area (Å²) in [6.45, 7) is 11.0. The third-order valence-electron chi connectivity index (χ3n) is 4.60. The minimum absolute atomic E-state index is 0.607. The summed E-state index contributed by atoms with van der Waals surface area (Å²) >= 11 is 0. The van der Waals surface area contributed by atoms with E-state index in [0.29, 0.717) is 17.5 Å². The Morgan fingerprint density at radius 2 is 1.75 bits per heavy atom. The van der Waals surface area contributed by atoms with Gasteiger partial charge in [0.25, 0.3) is 0 Å². The van der Waals surface area contributed by atoms with E-state index in [0.717, 1.165) is 0 Å². The lowest BCUT2D eigenvalue weighted by atomic mass is 10.00. The summed E-state index contributed by atoms with van der Waals surface area (Å²) < 4.78 is 0. The lowest BCUT2D eigenvalue weighted by Gasteiger charge is -2.32. The van der Waals surface area contributed by atoms with Gasteiger partial charge in [-0.15, -0.1) is 0 Å². The molecule has 1 aliphatic heterocycles. The van der Waals surface area contributed by atoms with Crippen LogP contribution in [0.4, 0.5) is 0 Å². The molecule has 0 bridgehead atoms. The van der Waals surface area contributed by atoms with Crippen LogP contribution >= 0.6 is 0 Å². The van der Waals surface area contributed by atoms with Crippen LogP contribution < -0.4 is 5.32 Å². The number of nitrogens with one attached hydrogen (secondary N) is 1. The van der Waals surface area contributed by atoms with Crippen LogP contribution in [0.3, 0.4) is 0 Å². The van der Waals surface area contributed by atoms with Gasteiger partial charge in [0.15, 0.2) is 0 Å². The Kier molecular flexibility index (Phi) is 3.91. The summed E-state index contributed by atoms with van der Waals surface area (Å²) in [4.78, 5) is 2.63. The van der Waals surface area contributed by atoms with Gasteiger partial charge in [-0.25, -0.2) is 0 Å². The highest BCUT2D eigenvalue weighted by molar-refractivity contribution is 4.97. The molecule has 0 aromatic heterocycles. The summed E-state index contributed by atoms with van der Waals surface area (Å²) in [5.41, 5.74) is 0.607. The molecule has 2 aliphatic rings. The molecule has 2 rings (SSSR count). The highest BCUT2D eigenvalue weighted by Gasteiger charge is 2.42. The van der Waals surface area contributed by atoms with Gasteiger partial charge in [-0.05, 0) is 58.0 Å². The number of likely N-dealkylation sites (tertiary alicyclic amines) is 1. The zero-order chi connectivity index (χ0) is 11.6. The summed E-state index contributed by atoms with van der Waals surface area (Å²) in [7, 11) is 0. The third kappa shape index (κ3) is 3.21. The van der Waals surface area contributed by atoms with Crippen molar-refractivity contribution in [2.45, 2.75) is 65.0 Å². The smallest absolute Gasteiger partial charge is 0.0169 e. The minimum atomic E-state index is 0.607. The maximum absolute atomic E-state index is 3.79. The Balaban J connectivity index is 1.68. The second kappa shape index (κ2) is 5.05. The monoisotopic (exact) mass is 224 g/mol. The van der Waals surface area contributed by atoms with E-state index in [1.165, 1.54) is 51.7 Å². The number of hydrogen-bond acceptors (Lipinski definition) is 2. The average molecular weight is 224 g/mol. The van der Waals surface area contributed by atoms with Crippen molar-refractivity contribution in [1.29, 1.82) is 0 Å². The van der Waals surface area contributed by atoms with Gasteiger partial charge in [0.1, 0.15) is 0 Å². The molecule has 0 spiro atoms. The molecule has 0 amide bonds. The number of nitrogens with zero attached hydrogens (tertiary/aromatic N) is 1. The van der Waals surface area contributed by atoms with E-state index in [2.05, 4.69) is 31.0 Å². The van der Waals surface area contributed by atoms with Crippen LogP contribution in [0.25, 0.3) is 0 Å². The SMILES string of the molecule is CC(CN1CCCCC1)NC(C)C1(C)CC1. The summed E-state index contributed by atoms with van der Waals surface area (Å²) in [6, 6.07) is 1.33. The molecule has 0 aromatic rings. The van der Waals surface area contributed by atoms with Crippen molar-refractivity contribution in [2.75, 3.05) is 19.6 Å². The Morgan fingerprint density at radius 1 is 1.12 bits per heavy atom. The fourth-order valence-corrected chi connectivity index (χ4v) is 2.84. The van der Waals surface area contributed by atoms with Crippen LogP contribution in [0.5, 0.6) is 0 Å². The first-order valence-electron chi connectivity index (χ1n) is 7.08. The van der Waals surface area contributed by atoms with E-state index in [4.69, 9.17) is 0 Å². The zero-order valence-corrected chi connectivity index (χ0v) is 11.3. The van der Waals surface area contributed by atoms with Crippen molar-refractivity contribution < 1.29 is 0 Å². The molecule has 94 valence electrons. The van der Waals surface area contributed by atoms with Gasteiger partial charge >= 0.3 is 0 Å². The molecular formula is C14H28N2. The number of hydrogen-bond donors (Lipinski definition) is 1. The van der Waals surface area contributed by atoms with Gasteiger partial charge in [0.2, 0.25) is 0 Å². The van der Waals surface area contributed by atoms with Gasteiger partial charge in [0, 0.05) is 18.6 Å². The predicted octanol–water partition coefficient (Wildman–Crippen LogP) is 2.64. The van der Waals surface area contributed by atoms with Crippen molar-refractivity contribution in [3.8, 4) is 0 Å². The normalized spacial score (nSPS) is 28.7. The Bertz CT molecular complexity index is 217. The topological polar surface area (TPSA) is 15.3 Å². The largest absolute Gasteiger partial charge is 0.310 e. The van der Waals surface area contributed by atoms with E-state index >= 15 is 0 Å². The molecule has 2 unspecified atom stereocenters. The molecule has 1 saturated carbocycles. The van der Waals surface area contributed by atoms with Crippen molar-refractivity contribution in [3.05, 3.63) is 0 Å². The van der Waals surface area contributed by atoms with Crippen molar-refractivity contribution >= 4 is 0 Å². The van der Waals surface area contributed by atoms with Gasteiger partial charge < -0.3 is 10.2 Å². The molecule has 16 heavy (non-hydrogen) atoms. The molecule has 2 fully saturated rings. The molecular weight excluding hydrogens is 196 g/mol. The Hall–Kier alpha value is -0.0800. The first-order valence-corrected chi connectivity index (χ1v) is 7.08. The van der Waals surface area contributed by atoms with Crippen molar-refractivity contribution in [1.82, 2.24) is 10.2 Å². The molecule has 2 atom stereocenters. The predicted molar refractivity (Wildman–Crippen MR) is 69.7 cm³/mol. The molecule has 0 aromatic carbocycles. The second-order valence-electron chi connectivity index (χ2n) is 6.30. The van der Waals surface area contributed by atoms with Crippen molar-refractivity contribution in [2.24, 2.45) is 5.41 Å². The van der Waals surface area contributed by atoms with Crippen LogP contribution in [-0.2, 0) is 0 Å². The Morgan fingerprint density at radius 3 is 2.31 bits per heavy atom.